The summed E-state index contributed by atoms with van der Waals surface area (Å²) in [5.74, 6) is -0.171. The Labute approximate surface area is 117 Å². The summed E-state index contributed by atoms with van der Waals surface area (Å²) in [6.45, 7) is 4.16. The molecule has 0 saturated heterocycles. The molecule has 108 valence electrons. The summed E-state index contributed by atoms with van der Waals surface area (Å²) in [6, 6.07) is 7.82. The second-order valence-electron chi connectivity index (χ2n) is 4.45. The molecule has 0 heterocycles. The fraction of sp³-hybridized carbons (Fsp3) is 0.571. The highest BCUT2D eigenvalue weighted by molar-refractivity contribution is 7.99. The lowest BCUT2D eigenvalue weighted by Crippen LogP contribution is -2.33. The molecule has 1 rings (SSSR count). The monoisotopic (exact) mass is 289 g/mol. The van der Waals surface area contributed by atoms with Crippen LogP contribution in [0.3, 0.4) is 0 Å². The van der Waals surface area contributed by atoms with Crippen LogP contribution in [0.25, 0.3) is 0 Å². The van der Waals surface area contributed by atoms with Crippen molar-refractivity contribution < 1.29 is 13.9 Å². The standard InChI is InChI=1S/C14H21F2NOS/c1-3-12(8-18)17-10(2)11-4-6-13(7-5-11)19-9-14(15)16/h4-7,10,12,14,17-18H,3,8-9H2,1-2H3. The van der Waals surface area contributed by atoms with Crippen molar-refractivity contribution in [3.63, 3.8) is 0 Å². The van der Waals surface area contributed by atoms with E-state index in [0.717, 1.165) is 28.6 Å². The molecular formula is C14H21F2NOS. The van der Waals surface area contributed by atoms with Crippen molar-refractivity contribution in [3.05, 3.63) is 29.8 Å². The minimum Gasteiger partial charge on any atom is -0.395 e. The highest BCUT2D eigenvalue weighted by atomic mass is 32.2. The second kappa shape index (κ2) is 8.51. The number of rotatable bonds is 8. The van der Waals surface area contributed by atoms with Crippen LogP contribution >= 0.6 is 11.8 Å². The molecule has 5 heteroatoms. The molecule has 0 saturated carbocycles. The van der Waals surface area contributed by atoms with Crippen LogP contribution in [0.1, 0.15) is 31.9 Å². The van der Waals surface area contributed by atoms with Crippen LogP contribution in [-0.4, -0.2) is 29.9 Å². The predicted octanol–water partition coefficient (Wildman–Crippen LogP) is 3.47. The van der Waals surface area contributed by atoms with Gasteiger partial charge in [0.25, 0.3) is 0 Å². The Morgan fingerprint density at radius 1 is 1.26 bits per heavy atom. The van der Waals surface area contributed by atoms with Crippen LogP contribution in [0, 0.1) is 0 Å². The minimum atomic E-state index is -2.28. The quantitative estimate of drug-likeness (QED) is 0.719. The van der Waals surface area contributed by atoms with Gasteiger partial charge in [-0.25, -0.2) is 8.78 Å². The van der Waals surface area contributed by atoms with Crippen LogP contribution in [0.4, 0.5) is 8.78 Å². The summed E-state index contributed by atoms with van der Waals surface area (Å²) < 4.78 is 24.2. The van der Waals surface area contributed by atoms with Gasteiger partial charge in [-0.05, 0) is 31.0 Å². The molecule has 2 atom stereocenters. The van der Waals surface area contributed by atoms with E-state index in [4.69, 9.17) is 5.11 Å². The van der Waals surface area contributed by atoms with E-state index in [1.165, 1.54) is 0 Å². The number of benzene rings is 1. The Morgan fingerprint density at radius 3 is 2.37 bits per heavy atom. The van der Waals surface area contributed by atoms with Gasteiger partial charge in [-0.15, -0.1) is 11.8 Å². The Hall–Kier alpha value is -0.650. The van der Waals surface area contributed by atoms with Crippen LogP contribution < -0.4 is 5.32 Å². The molecule has 0 aliphatic heterocycles. The van der Waals surface area contributed by atoms with Gasteiger partial charge in [0, 0.05) is 17.0 Å². The average molecular weight is 289 g/mol. The van der Waals surface area contributed by atoms with Gasteiger partial charge >= 0.3 is 0 Å². The third-order valence-corrected chi connectivity index (χ3v) is 3.98. The van der Waals surface area contributed by atoms with E-state index in [0.29, 0.717) is 0 Å². The van der Waals surface area contributed by atoms with Gasteiger partial charge in [-0.2, -0.15) is 0 Å². The van der Waals surface area contributed by atoms with Crippen LogP contribution in [0.5, 0.6) is 0 Å². The number of halogens is 2. The van der Waals surface area contributed by atoms with Crippen LogP contribution in [-0.2, 0) is 0 Å². The minimum absolute atomic E-state index is 0.0860. The molecule has 0 aromatic heterocycles. The normalized spacial score (nSPS) is 14.6. The number of hydrogen-bond donors (Lipinski definition) is 2. The number of hydrogen-bond acceptors (Lipinski definition) is 3. The highest BCUT2D eigenvalue weighted by Crippen LogP contribution is 2.22. The second-order valence-corrected chi connectivity index (χ2v) is 5.54. The van der Waals surface area contributed by atoms with E-state index in [1.54, 1.807) is 0 Å². The highest BCUT2D eigenvalue weighted by Gasteiger charge is 2.11. The average Bonchev–Trinajstić information content (AvgIpc) is 2.42. The van der Waals surface area contributed by atoms with E-state index in [-0.39, 0.29) is 24.4 Å². The largest absolute Gasteiger partial charge is 0.395 e. The first kappa shape index (κ1) is 16.4. The Balaban J connectivity index is 2.55. The van der Waals surface area contributed by atoms with E-state index in [2.05, 4.69) is 5.32 Å². The first-order valence-electron chi connectivity index (χ1n) is 6.44. The maximum absolute atomic E-state index is 12.1. The lowest BCUT2D eigenvalue weighted by atomic mass is 10.1. The first-order valence-corrected chi connectivity index (χ1v) is 7.43. The summed E-state index contributed by atoms with van der Waals surface area (Å²) in [7, 11) is 0. The molecule has 19 heavy (non-hydrogen) atoms. The van der Waals surface area contributed by atoms with E-state index >= 15 is 0 Å². The van der Waals surface area contributed by atoms with Crippen molar-refractivity contribution in [2.75, 3.05) is 12.4 Å². The van der Waals surface area contributed by atoms with Crippen molar-refractivity contribution in [1.29, 1.82) is 0 Å². The molecule has 0 radical (unpaired) electrons. The SMILES string of the molecule is CCC(CO)NC(C)c1ccc(SCC(F)F)cc1. The lowest BCUT2D eigenvalue weighted by molar-refractivity contribution is 0.177. The molecule has 0 bridgehead atoms. The molecule has 0 aliphatic carbocycles. The number of nitrogens with one attached hydrogen (secondary N) is 1. The molecule has 1 aromatic rings. The Morgan fingerprint density at radius 2 is 1.89 bits per heavy atom. The van der Waals surface area contributed by atoms with Gasteiger partial charge in [-0.3, -0.25) is 0 Å². The zero-order valence-corrected chi connectivity index (χ0v) is 12.1. The van der Waals surface area contributed by atoms with Crippen molar-refractivity contribution in [2.45, 2.75) is 43.7 Å². The molecule has 0 spiro atoms. The Bertz CT molecular complexity index is 355. The maximum atomic E-state index is 12.1. The summed E-state index contributed by atoms with van der Waals surface area (Å²) in [6.07, 6.45) is -1.41. The van der Waals surface area contributed by atoms with Crippen molar-refractivity contribution in [2.24, 2.45) is 0 Å². The van der Waals surface area contributed by atoms with Crippen molar-refractivity contribution >= 4 is 11.8 Å². The zero-order chi connectivity index (χ0) is 14.3. The summed E-state index contributed by atoms with van der Waals surface area (Å²) in [5, 5.41) is 12.5. The van der Waals surface area contributed by atoms with E-state index in [1.807, 2.05) is 38.1 Å². The van der Waals surface area contributed by atoms with Gasteiger partial charge in [0.15, 0.2) is 0 Å². The molecule has 2 nitrogen and oxygen atoms in total. The lowest BCUT2D eigenvalue weighted by Gasteiger charge is -2.21. The number of thioether (sulfide) groups is 1. The molecule has 0 fully saturated rings. The topological polar surface area (TPSA) is 32.3 Å². The van der Waals surface area contributed by atoms with Gasteiger partial charge in [0.1, 0.15) is 0 Å². The van der Waals surface area contributed by atoms with Gasteiger partial charge < -0.3 is 10.4 Å². The first-order chi connectivity index (χ1) is 9.06. The molecule has 2 unspecified atom stereocenters. The third kappa shape index (κ3) is 5.89. The zero-order valence-electron chi connectivity index (χ0n) is 11.3. The third-order valence-electron chi connectivity index (χ3n) is 2.95. The molecular weight excluding hydrogens is 268 g/mol. The molecule has 1 aromatic carbocycles. The molecule has 0 aliphatic rings. The van der Waals surface area contributed by atoms with E-state index < -0.39 is 6.43 Å². The number of aliphatic hydroxyl groups is 1. The molecule has 2 N–H and O–H groups in total. The smallest absolute Gasteiger partial charge is 0.247 e. The van der Waals surface area contributed by atoms with E-state index in [9.17, 15) is 8.78 Å². The number of aliphatic hydroxyl groups excluding tert-OH is 1. The van der Waals surface area contributed by atoms with Gasteiger partial charge in [-0.1, -0.05) is 19.1 Å². The van der Waals surface area contributed by atoms with Gasteiger partial charge in [0.05, 0.1) is 12.4 Å². The summed E-state index contributed by atoms with van der Waals surface area (Å²) >= 11 is 1.16. The van der Waals surface area contributed by atoms with Crippen molar-refractivity contribution in [3.8, 4) is 0 Å². The predicted molar refractivity (Wildman–Crippen MR) is 75.9 cm³/mol. The van der Waals surface area contributed by atoms with Crippen LogP contribution in [0.2, 0.25) is 0 Å². The summed E-state index contributed by atoms with van der Waals surface area (Å²) in [4.78, 5) is 0.852. The van der Waals surface area contributed by atoms with Crippen LogP contribution in [0.15, 0.2) is 29.2 Å². The number of alkyl halides is 2. The van der Waals surface area contributed by atoms with Gasteiger partial charge in [0.2, 0.25) is 6.43 Å². The summed E-state index contributed by atoms with van der Waals surface area (Å²) in [5.41, 5.74) is 1.09. The molecule has 0 amide bonds. The Kier molecular flexibility index (Phi) is 7.34. The fourth-order valence-electron chi connectivity index (χ4n) is 1.76. The fourth-order valence-corrected chi connectivity index (χ4v) is 2.41. The maximum Gasteiger partial charge on any atom is 0.247 e. The van der Waals surface area contributed by atoms with Crippen molar-refractivity contribution in [1.82, 2.24) is 5.32 Å².